The zero-order valence-electron chi connectivity index (χ0n) is 39.6. The number of hydrogen-bond donors (Lipinski definition) is 7. The number of carbonyl (C=O) groups is 9. The maximum absolute atomic E-state index is 13.8. The first-order valence-corrected chi connectivity index (χ1v) is 22.3. The predicted octanol–water partition coefficient (Wildman–Crippen LogP) is 2.25. The number of benzene rings is 1. The van der Waals surface area contributed by atoms with E-state index in [0.29, 0.717) is 12.8 Å². The number of rotatable bonds is 13. The lowest BCUT2D eigenvalue weighted by molar-refractivity contribution is -0.146. The van der Waals surface area contributed by atoms with Gasteiger partial charge in [-0.05, 0) is 76.2 Å². The van der Waals surface area contributed by atoms with Crippen LogP contribution in [-0.2, 0) is 54.3 Å². The van der Waals surface area contributed by atoms with Crippen molar-refractivity contribution in [3.8, 4) is 0 Å². The van der Waals surface area contributed by atoms with Crippen molar-refractivity contribution in [2.45, 2.75) is 150 Å². The fourth-order valence-electron chi connectivity index (χ4n) is 7.51. The average Bonchev–Trinajstić information content (AvgIpc) is 3.25. The third-order valence-electron chi connectivity index (χ3n) is 12.0. The monoisotopic (exact) mass is 914 g/mol. The Balaban J connectivity index is 2.52. The Morgan fingerprint density at radius 3 is 1.91 bits per heavy atom. The molecule has 0 saturated heterocycles. The highest BCUT2D eigenvalue weighted by molar-refractivity contribution is 6.37. The molecule has 19 heteroatoms. The summed E-state index contributed by atoms with van der Waals surface area (Å²) in [6.07, 6.45) is 1.23. The number of nitrogens with one attached hydrogen (secondary N) is 5. The topological polar surface area (TPSA) is 279 Å². The fourth-order valence-corrected chi connectivity index (χ4v) is 7.51. The zero-order chi connectivity index (χ0) is 49.3. The van der Waals surface area contributed by atoms with Crippen LogP contribution < -0.4 is 26.6 Å². The van der Waals surface area contributed by atoms with E-state index in [1.165, 1.54) is 41.7 Å². The number of carboxylic acid groups (broad SMARTS) is 2. The van der Waals surface area contributed by atoms with Crippen LogP contribution in [0.5, 0.6) is 0 Å². The van der Waals surface area contributed by atoms with Crippen molar-refractivity contribution in [1.29, 1.82) is 0 Å². The van der Waals surface area contributed by atoms with Crippen LogP contribution in [0.25, 0.3) is 0 Å². The SMILES string of the molecule is CO[C@@H](Cc1ccccc1)[C@@H](C)CC(C)CC[C@@H]1NC(=O)[C@@H](C)NC(=O)[C@@H](C)[C@H](C(=O)O)NC(=O)[C@H](CC(C)C)NC(=O)[C@@H](C)NC(=O)[C@H](C)N(C)C(=O)CC/C(C(=O)O)=N\C(=O)[C@H]1C. The fraction of sp³-hybridized carbons (Fsp3) is 0.652. The Hall–Kier alpha value is -5.72. The molecule has 1 aliphatic heterocycles. The van der Waals surface area contributed by atoms with Crippen LogP contribution in [0.4, 0.5) is 0 Å². The summed E-state index contributed by atoms with van der Waals surface area (Å²) in [5, 5.41) is 32.8. The molecule has 2 rings (SSSR count). The molecule has 0 bridgehead atoms. The first-order chi connectivity index (χ1) is 30.4. The van der Waals surface area contributed by atoms with Crippen molar-refractivity contribution >= 4 is 59.0 Å². The minimum absolute atomic E-state index is 0.0550. The van der Waals surface area contributed by atoms with Crippen molar-refractivity contribution in [3.63, 3.8) is 0 Å². The van der Waals surface area contributed by atoms with Crippen molar-refractivity contribution in [1.82, 2.24) is 31.5 Å². The predicted molar refractivity (Wildman–Crippen MR) is 241 cm³/mol. The molecule has 0 aromatic heterocycles. The average molecular weight is 914 g/mol. The van der Waals surface area contributed by atoms with E-state index < -0.39 is 120 Å². The summed E-state index contributed by atoms with van der Waals surface area (Å²) in [4.78, 5) is 124. The summed E-state index contributed by atoms with van der Waals surface area (Å²) in [5.74, 6) is -11.3. The molecule has 362 valence electrons. The largest absolute Gasteiger partial charge is 0.480 e. The molecule has 0 fully saturated rings. The third-order valence-corrected chi connectivity index (χ3v) is 12.0. The minimum atomic E-state index is -1.80. The van der Waals surface area contributed by atoms with E-state index in [1.807, 2.05) is 37.3 Å². The Labute approximate surface area is 382 Å². The van der Waals surface area contributed by atoms with Gasteiger partial charge in [-0.15, -0.1) is 0 Å². The van der Waals surface area contributed by atoms with Crippen LogP contribution in [0, 0.1) is 29.6 Å². The van der Waals surface area contributed by atoms with Gasteiger partial charge in [0.15, 0.2) is 0 Å². The molecule has 11 atom stereocenters. The van der Waals surface area contributed by atoms with E-state index in [1.54, 1.807) is 21.0 Å². The molecule has 1 aliphatic rings. The lowest BCUT2D eigenvalue weighted by Gasteiger charge is -2.29. The van der Waals surface area contributed by atoms with Gasteiger partial charge in [-0.3, -0.25) is 33.6 Å². The summed E-state index contributed by atoms with van der Waals surface area (Å²) in [6.45, 7) is 14.5. The van der Waals surface area contributed by atoms with Crippen LogP contribution in [0.1, 0.15) is 106 Å². The van der Waals surface area contributed by atoms with Gasteiger partial charge >= 0.3 is 11.9 Å². The molecule has 7 N–H and O–H groups in total. The molecule has 0 saturated carbocycles. The minimum Gasteiger partial charge on any atom is -0.480 e. The van der Waals surface area contributed by atoms with E-state index in [0.717, 1.165) is 16.9 Å². The number of hydrogen-bond acceptors (Lipinski definition) is 10. The number of likely N-dealkylation sites (N-methyl/N-ethyl adjacent to an activating group) is 1. The van der Waals surface area contributed by atoms with Crippen LogP contribution >= 0.6 is 0 Å². The number of ether oxygens (including phenoxy) is 1. The number of methoxy groups -OCH3 is 1. The number of amides is 7. The Morgan fingerprint density at radius 2 is 1.35 bits per heavy atom. The van der Waals surface area contributed by atoms with Gasteiger partial charge in [0.2, 0.25) is 35.4 Å². The highest BCUT2D eigenvalue weighted by Crippen LogP contribution is 2.25. The smallest absolute Gasteiger partial charge is 0.350 e. The number of carboxylic acids is 2. The quantitative estimate of drug-likeness (QED) is 0.150. The molecule has 1 aromatic carbocycles. The van der Waals surface area contributed by atoms with Crippen molar-refractivity contribution < 1.29 is 58.1 Å². The Morgan fingerprint density at radius 1 is 0.769 bits per heavy atom. The van der Waals surface area contributed by atoms with Gasteiger partial charge in [0.1, 0.15) is 35.9 Å². The molecule has 0 radical (unpaired) electrons. The number of aliphatic imine (C=N–C) groups is 1. The van der Waals surface area contributed by atoms with E-state index in [9.17, 15) is 53.4 Å². The normalized spacial score (nSPS) is 27.6. The Kier molecular flexibility index (Phi) is 22.4. The molecule has 0 aliphatic carbocycles. The molecule has 1 unspecified atom stereocenters. The number of carbonyl (C=O) groups excluding carboxylic acids is 7. The second kappa shape index (κ2) is 26.3. The lowest BCUT2D eigenvalue weighted by atomic mass is 9.85. The van der Waals surface area contributed by atoms with E-state index >= 15 is 0 Å². The first kappa shape index (κ1) is 55.4. The summed E-state index contributed by atoms with van der Waals surface area (Å²) < 4.78 is 5.85. The number of aliphatic carboxylic acids is 2. The third kappa shape index (κ3) is 17.6. The van der Waals surface area contributed by atoms with Gasteiger partial charge < -0.3 is 46.4 Å². The molecule has 1 heterocycles. The molecule has 1 aromatic rings. The van der Waals surface area contributed by atoms with Crippen LogP contribution in [0.3, 0.4) is 0 Å². The van der Waals surface area contributed by atoms with E-state index in [2.05, 4.69) is 38.5 Å². The molecular weight excluding hydrogens is 843 g/mol. The van der Waals surface area contributed by atoms with Gasteiger partial charge in [-0.2, -0.15) is 0 Å². The summed E-state index contributed by atoms with van der Waals surface area (Å²) >= 11 is 0. The second-order valence-corrected chi connectivity index (χ2v) is 17.9. The van der Waals surface area contributed by atoms with Crippen molar-refractivity contribution in [3.05, 3.63) is 35.9 Å². The molecule has 0 spiro atoms. The Bertz CT molecular complexity index is 1870. The maximum Gasteiger partial charge on any atom is 0.350 e. The van der Waals surface area contributed by atoms with Gasteiger partial charge in [0.25, 0.3) is 5.91 Å². The van der Waals surface area contributed by atoms with Crippen molar-refractivity contribution in [2.75, 3.05) is 14.2 Å². The summed E-state index contributed by atoms with van der Waals surface area (Å²) in [7, 11) is 2.97. The summed E-state index contributed by atoms with van der Waals surface area (Å²) in [6, 6.07) is 2.26. The molecule has 19 nitrogen and oxygen atoms in total. The van der Waals surface area contributed by atoms with Crippen LogP contribution in [0.2, 0.25) is 0 Å². The zero-order valence-corrected chi connectivity index (χ0v) is 39.6. The highest BCUT2D eigenvalue weighted by atomic mass is 16.5. The molecular formula is C46H71N7O12. The van der Waals surface area contributed by atoms with Crippen molar-refractivity contribution in [2.24, 2.45) is 34.6 Å². The van der Waals surface area contributed by atoms with E-state index in [4.69, 9.17) is 4.74 Å². The van der Waals surface area contributed by atoms with Crippen LogP contribution in [0.15, 0.2) is 35.3 Å². The van der Waals surface area contributed by atoms with Gasteiger partial charge in [-0.1, -0.05) is 71.9 Å². The molecule has 65 heavy (non-hydrogen) atoms. The number of nitrogens with zero attached hydrogens (tertiary/aromatic N) is 2. The second-order valence-electron chi connectivity index (χ2n) is 17.9. The lowest BCUT2D eigenvalue weighted by Crippen LogP contribution is -2.59. The summed E-state index contributed by atoms with van der Waals surface area (Å²) in [5.41, 5.74) is 0.511. The molecule has 7 amide bonds. The van der Waals surface area contributed by atoms with Crippen LogP contribution in [-0.4, -0.2) is 131 Å². The van der Waals surface area contributed by atoms with Gasteiger partial charge in [0, 0.05) is 33.0 Å². The highest BCUT2D eigenvalue weighted by Gasteiger charge is 2.37. The van der Waals surface area contributed by atoms with Gasteiger partial charge in [0.05, 0.1) is 17.9 Å². The first-order valence-electron chi connectivity index (χ1n) is 22.3. The van der Waals surface area contributed by atoms with Gasteiger partial charge in [-0.25, -0.2) is 14.6 Å². The maximum atomic E-state index is 13.8. The standard InChI is InChI=1S/C46H71N7O12/c1-24(2)21-35-44(60)52-38(46(63)64)28(6)40(56)47-29(7)41(57)49-33(18-17-25(3)22-26(4)36(65-11)23-32-15-13-12-14-16-32)27(5)39(55)50-34(45(61)62)19-20-37(54)53(10)31(9)43(59)48-30(8)42(58)51-35/h12-16,24-31,33,35-36,38H,17-23H2,1-11H3,(H,47,56)(H,48,59)(H,49,57)(H,51,58)(H,52,60)(H,61,62)(H,63,64)/b50-34+/t25?,26-,27-,28-,29+,30+,31-,33-,35-,36-,38+/m0/s1. The van der Waals surface area contributed by atoms with E-state index in [-0.39, 0.29) is 36.7 Å².